The first-order valence-corrected chi connectivity index (χ1v) is 15.8. The van der Waals surface area contributed by atoms with Gasteiger partial charge in [-0.15, -0.1) is 0 Å². The summed E-state index contributed by atoms with van der Waals surface area (Å²) in [6.45, 7) is 4.12. The van der Waals surface area contributed by atoms with Crippen molar-refractivity contribution in [3.63, 3.8) is 0 Å². The minimum atomic E-state index is -4.79. The number of benzene rings is 2. The first kappa shape index (κ1) is 30.5. The van der Waals surface area contributed by atoms with Gasteiger partial charge >= 0.3 is 6.18 Å². The highest BCUT2D eigenvalue weighted by Gasteiger charge is 2.57. The van der Waals surface area contributed by atoms with Gasteiger partial charge in [-0.3, -0.25) is 9.59 Å². The Morgan fingerprint density at radius 2 is 1.83 bits per heavy atom. The van der Waals surface area contributed by atoms with Crippen LogP contribution in [0, 0.1) is 5.41 Å². The fraction of sp³-hybridized carbons (Fsp3) is 0.471. The van der Waals surface area contributed by atoms with Gasteiger partial charge in [0, 0.05) is 30.5 Å². The number of likely N-dealkylation sites (tertiary alicyclic amines) is 1. The van der Waals surface area contributed by atoms with Crippen molar-refractivity contribution in [1.29, 1.82) is 0 Å². The minimum absolute atomic E-state index is 0.0195. The molecule has 0 bridgehead atoms. The average Bonchev–Trinajstić information content (AvgIpc) is 3.79. The molecule has 2 aromatic carbocycles. The summed E-state index contributed by atoms with van der Waals surface area (Å²) < 4.78 is 47.9. The van der Waals surface area contributed by atoms with Crippen molar-refractivity contribution < 1.29 is 27.5 Å². The monoisotopic (exact) mass is 634 g/mol. The van der Waals surface area contributed by atoms with E-state index >= 15 is 0 Å². The Balaban J connectivity index is 1.09. The lowest BCUT2D eigenvalue weighted by atomic mass is 9.60. The molecule has 2 spiro atoms. The molecule has 9 nitrogen and oxygen atoms in total. The van der Waals surface area contributed by atoms with Crippen molar-refractivity contribution in [3.05, 3.63) is 70.4 Å². The van der Waals surface area contributed by atoms with E-state index in [1.165, 1.54) is 18.9 Å². The second-order valence-electron chi connectivity index (χ2n) is 13.3. The molecule has 2 aliphatic heterocycles. The van der Waals surface area contributed by atoms with E-state index in [0.717, 1.165) is 49.9 Å². The lowest BCUT2D eigenvalue weighted by Gasteiger charge is -2.52. The van der Waals surface area contributed by atoms with Gasteiger partial charge in [0.2, 0.25) is 11.8 Å². The number of fused-ring (bicyclic) bond motifs is 2. The van der Waals surface area contributed by atoms with Crippen molar-refractivity contribution in [2.45, 2.75) is 69.6 Å². The number of carbonyl (C=O) groups is 2. The van der Waals surface area contributed by atoms with Crippen LogP contribution in [0.3, 0.4) is 0 Å². The number of alkyl halides is 3. The van der Waals surface area contributed by atoms with Crippen LogP contribution in [0.15, 0.2) is 42.6 Å². The van der Waals surface area contributed by atoms with E-state index in [2.05, 4.69) is 32.5 Å². The average molecular weight is 635 g/mol. The quantitative estimate of drug-likeness (QED) is 0.316. The molecule has 242 valence electrons. The van der Waals surface area contributed by atoms with Crippen LogP contribution in [0.4, 0.5) is 24.8 Å². The first-order chi connectivity index (χ1) is 21.9. The number of nitrogens with zero attached hydrogens (tertiary/aromatic N) is 4. The van der Waals surface area contributed by atoms with Crippen molar-refractivity contribution in [1.82, 2.24) is 25.1 Å². The van der Waals surface area contributed by atoms with Gasteiger partial charge in [-0.05, 0) is 106 Å². The zero-order valence-electron chi connectivity index (χ0n) is 26.1. The number of nitrogens with one attached hydrogen (secondary N) is 2. The normalized spacial score (nSPS) is 20.0. The summed E-state index contributed by atoms with van der Waals surface area (Å²) in [6, 6.07) is 10.3. The summed E-state index contributed by atoms with van der Waals surface area (Å²) in [6.07, 6.45) is 2.36. The third-order valence-electron chi connectivity index (χ3n) is 10.4. The van der Waals surface area contributed by atoms with Crippen LogP contribution in [0.25, 0.3) is 0 Å². The number of amides is 2. The molecule has 1 saturated heterocycles. The second kappa shape index (κ2) is 11.0. The van der Waals surface area contributed by atoms with Gasteiger partial charge in [0.25, 0.3) is 11.8 Å². The number of hydrogen-bond donors (Lipinski definition) is 2. The van der Waals surface area contributed by atoms with E-state index < -0.39 is 23.2 Å². The van der Waals surface area contributed by atoms with E-state index in [9.17, 15) is 22.8 Å². The van der Waals surface area contributed by atoms with Crippen molar-refractivity contribution in [2.75, 3.05) is 32.5 Å². The number of aromatic nitrogens is 2. The molecular formula is C34H37F3N6O3. The van der Waals surface area contributed by atoms with Gasteiger partial charge in [0.15, 0.2) is 0 Å². The van der Waals surface area contributed by atoms with Crippen molar-refractivity contribution in [2.24, 2.45) is 5.41 Å². The Bertz CT molecular complexity index is 1710. The summed E-state index contributed by atoms with van der Waals surface area (Å²) in [5.74, 6) is -1.23. The Morgan fingerprint density at radius 1 is 1.09 bits per heavy atom. The van der Waals surface area contributed by atoms with Crippen LogP contribution in [0.2, 0.25) is 0 Å². The molecule has 3 fully saturated rings. The van der Waals surface area contributed by atoms with Gasteiger partial charge in [-0.1, -0.05) is 19.1 Å². The summed E-state index contributed by atoms with van der Waals surface area (Å²) in [5, 5.41) is 6.18. The molecular weight excluding hydrogens is 597 g/mol. The molecule has 3 heterocycles. The molecule has 0 unspecified atom stereocenters. The highest BCUT2D eigenvalue weighted by molar-refractivity contribution is 6.03. The summed E-state index contributed by atoms with van der Waals surface area (Å²) >= 11 is 0. The summed E-state index contributed by atoms with van der Waals surface area (Å²) in [7, 11) is 3.84. The number of halogens is 3. The maximum absolute atomic E-state index is 14.0. The molecule has 0 radical (unpaired) electrons. The molecule has 2 saturated carbocycles. The number of hydrogen-bond acceptors (Lipinski definition) is 7. The fourth-order valence-electron chi connectivity index (χ4n) is 7.42. The minimum Gasteiger partial charge on any atom is -0.437 e. The molecule has 2 N–H and O–H groups in total. The van der Waals surface area contributed by atoms with Gasteiger partial charge in [0.1, 0.15) is 11.3 Å². The Kier molecular flexibility index (Phi) is 7.26. The third kappa shape index (κ3) is 5.26. The molecule has 3 aromatic rings. The van der Waals surface area contributed by atoms with Crippen molar-refractivity contribution in [3.8, 4) is 11.6 Å². The number of ether oxygens (including phenoxy) is 1. The molecule has 12 heteroatoms. The predicted octanol–water partition coefficient (Wildman–Crippen LogP) is 6.27. The van der Waals surface area contributed by atoms with Crippen LogP contribution in [0.5, 0.6) is 11.6 Å². The van der Waals surface area contributed by atoms with Gasteiger partial charge in [-0.25, -0.2) is 4.98 Å². The largest absolute Gasteiger partial charge is 0.437 e. The number of anilines is 2. The zero-order valence-corrected chi connectivity index (χ0v) is 26.1. The van der Waals surface area contributed by atoms with Gasteiger partial charge in [0.05, 0.1) is 11.1 Å². The maximum Gasteiger partial charge on any atom is 0.423 e. The van der Waals surface area contributed by atoms with Gasteiger partial charge in [-0.2, -0.15) is 18.2 Å². The molecule has 0 atom stereocenters. The van der Waals surface area contributed by atoms with Crippen molar-refractivity contribution >= 4 is 23.5 Å². The first-order valence-electron chi connectivity index (χ1n) is 15.8. The highest BCUT2D eigenvalue weighted by atomic mass is 19.4. The molecule has 4 aliphatic rings. The van der Waals surface area contributed by atoms with Crippen LogP contribution in [0.1, 0.15) is 82.9 Å². The second-order valence-corrected chi connectivity index (χ2v) is 13.3. The molecule has 7 rings (SSSR count). The van der Waals surface area contributed by atoms with E-state index in [1.54, 1.807) is 36.2 Å². The topological polar surface area (TPSA) is 99.7 Å². The molecule has 46 heavy (non-hydrogen) atoms. The van der Waals surface area contributed by atoms with E-state index in [1.807, 2.05) is 13.0 Å². The Morgan fingerprint density at radius 3 is 2.50 bits per heavy atom. The summed E-state index contributed by atoms with van der Waals surface area (Å²) in [5.41, 5.74) is 1.66. The summed E-state index contributed by atoms with van der Waals surface area (Å²) in [4.78, 5) is 38.3. The Labute approximate surface area is 265 Å². The van der Waals surface area contributed by atoms with Crippen LogP contribution >= 0.6 is 0 Å². The third-order valence-corrected chi connectivity index (χ3v) is 10.4. The predicted molar refractivity (Wildman–Crippen MR) is 165 cm³/mol. The van der Waals surface area contributed by atoms with E-state index in [0.29, 0.717) is 29.3 Å². The smallest absolute Gasteiger partial charge is 0.423 e. The fourth-order valence-corrected chi connectivity index (χ4v) is 7.42. The van der Waals surface area contributed by atoms with Crippen LogP contribution in [-0.2, 0) is 18.1 Å². The lowest BCUT2D eigenvalue weighted by Crippen LogP contribution is -2.54. The molecule has 2 aliphatic carbocycles. The maximum atomic E-state index is 14.0. The highest BCUT2D eigenvalue weighted by Crippen LogP contribution is 2.57. The van der Waals surface area contributed by atoms with E-state index in [-0.39, 0.29) is 35.1 Å². The number of rotatable bonds is 7. The van der Waals surface area contributed by atoms with Crippen LogP contribution in [-0.4, -0.2) is 64.8 Å². The number of aryl methyl sites for hydroxylation is 1. The molecule has 1 aromatic heterocycles. The van der Waals surface area contributed by atoms with E-state index in [4.69, 9.17) is 4.74 Å². The van der Waals surface area contributed by atoms with Gasteiger partial charge < -0.3 is 25.2 Å². The zero-order chi connectivity index (χ0) is 32.4. The standard InChI is InChI=1S/C34H37F3N6O3/c1-4-20-16-21(28(44)39-22-17-32(18-22)12-14-42(2)15-13-32)8-9-25(20)40-31-38-19-24(34(35,36)37)29(41-31)46-26-7-5-6-23-27(26)30(45)43(3)33(23)10-11-33/h5-9,16,19,22H,4,10-15,17-18H2,1-3H3,(H,39,44)(H,38,40,41). The number of carbonyl (C=O) groups excluding carboxylic acids is 2. The Hall–Kier alpha value is -4.19. The lowest BCUT2D eigenvalue weighted by molar-refractivity contribution is -0.139. The van der Waals surface area contributed by atoms with Crippen LogP contribution < -0.4 is 15.4 Å². The molecule has 2 amide bonds. The SMILES string of the molecule is CCc1cc(C(=O)NC2CC3(CCN(C)CC3)C2)ccc1Nc1ncc(C(F)(F)F)c(Oc2cccc3c2C(=O)N(C)C32CC2)n1. The number of piperidine rings is 1.